The number of aromatic nitrogens is 6. The minimum absolute atomic E-state index is 0.356. The number of nitrogens with zero attached hydrogens (tertiary/aromatic N) is 7. The molecule has 0 atom stereocenters. The van der Waals surface area contributed by atoms with Gasteiger partial charge >= 0.3 is 5.69 Å². The van der Waals surface area contributed by atoms with Gasteiger partial charge in [0.05, 0.1) is 6.33 Å². The lowest BCUT2D eigenvalue weighted by Crippen LogP contribution is -2.37. The van der Waals surface area contributed by atoms with Crippen molar-refractivity contribution in [3.63, 3.8) is 0 Å². The first-order valence-corrected chi connectivity index (χ1v) is 9.19. The Morgan fingerprint density at radius 2 is 1.85 bits per heavy atom. The van der Waals surface area contributed by atoms with Gasteiger partial charge in [-0.05, 0) is 25.9 Å². The second kappa shape index (κ2) is 7.10. The third kappa shape index (κ3) is 3.32. The fourth-order valence-electron chi connectivity index (χ4n) is 3.54. The molecule has 4 heterocycles. The molecule has 0 aromatic carbocycles. The molecule has 0 radical (unpaired) electrons. The Kier molecular flexibility index (Phi) is 4.65. The van der Waals surface area contributed by atoms with Gasteiger partial charge in [0.15, 0.2) is 17.0 Å². The van der Waals surface area contributed by atoms with Gasteiger partial charge in [0.1, 0.15) is 0 Å². The summed E-state index contributed by atoms with van der Waals surface area (Å²) in [4.78, 5) is 35.5. The van der Waals surface area contributed by atoms with Crippen molar-refractivity contribution in [1.29, 1.82) is 0 Å². The zero-order valence-electron chi connectivity index (χ0n) is 15.6. The first kappa shape index (κ1) is 17.7. The van der Waals surface area contributed by atoms with Crippen molar-refractivity contribution in [3.05, 3.63) is 38.9 Å². The highest BCUT2D eigenvalue weighted by Crippen LogP contribution is 2.10. The van der Waals surface area contributed by atoms with Crippen molar-refractivity contribution in [3.8, 4) is 0 Å². The predicted molar refractivity (Wildman–Crippen MR) is 97.6 cm³/mol. The smallest absolute Gasteiger partial charge is 0.332 e. The second-order valence-corrected chi connectivity index (χ2v) is 6.97. The summed E-state index contributed by atoms with van der Waals surface area (Å²) in [6, 6.07) is 0. The van der Waals surface area contributed by atoms with Gasteiger partial charge in [0, 0.05) is 40.0 Å². The van der Waals surface area contributed by atoms with E-state index in [1.807, 2.05) is 0 Å². The van der Waals surface area contributed by atoms with Crippen LogP contribution in [0.4, 0.5) is 0 Å². The van der Waals surface area contributed by atoms with Gasteiger partial charge in [0.2, 0.25) is 5.89 Å². The SMILES string of the molecule is Cn1c(=O)c2c(ncn2CCc2noc(CCN3CCCC3)n2)n(C)c1=O. The summed E-state index contributed by atoms with van der Waals surface area (Å²) in [7, 11) is 3.07. The van der Waals surface area contributed by atoms with E-state index < -0.39 is 5.69 Å². The van der Waals surface area contributed by atoms with Gasteiger partial charge in [-0.1, -0.05) is 5.16 Å². The van der Waals surface area contributed by atoms with Crippen LogP contribution in [-0.4, -0.2) is 53.4 Å². The Morgan fingerprint density at radius 3 is 2.63 bits per heavy atom. The average molecular weight is 373 g/mol. The fraction of sp³-hybridized carbons (Fsp3) is 0.588. The summed E-state index contributed by atoms with van der Waals surface area (Å²) in [6.45, 7) is 3.71. The minimum Gasteiger partial charge on any atom is -0.339 e. The zero-order chi connectivity index (χ0) is 19.0. The molecule has 0 amide bonds. The van der Waals surface area contributed by atoms with Crippen LogP contribution in [0.3, 0.4) is 0 Å². The van der Waals surface area contributed by atoms with Crippen LogP contribution < -0.4 is 11.2 Å². The van der Waals surface area contributed by atoms with Crippen molar-refractivity contribution >= 4 is 11.2 Å². The molecule has 27 heavy (non-hydrogen) atoms. The molecule has 4 rings (SSSR count). The molecule has 0 spiro atoms. The van der Waals surface area contributed by atoms with Gasteiger partial charge in [-0.2, -0.15) is 4.98 Å². The summed E-state index contributed by atoms with van der Waals surface area (Å²) in [5.74, 6) is 1.25. The normalized spacial score (nSPS) is 15.2. The van der Waals surface area contributed by atoms with Crippen LogP contribution in [0.25, 0.3) is 11.2 Å². The van der Waals surface area contributed by atoms with Crippen molar-refractivity contribution in [1.82, 2.24) is 33.7 Å². The molecule has 3 aromatic rings. The molecule has 10 heteroatoms. The van der Waals surface area contributed by atoms with Crippen LogP contribution in [0, 0.1) is 0 Å². The Labute approximate surface area is 155 Å². The number of hydrogen-bond donors (Lipinski definition) is 0. The second-order valence-electron chi connectivity index (χ2n) is 6.97. The van der Waals surface area contributed by atoms with E-state index in [4.69, 9.17) is 4.52 Å². The molecule has 10 nitrogen and oxygen atoms in total. The van der Waals surface area contributed by atoms with E-state index in [1.165, 1.54) is 24.5 Å². The van der Waals surface area contributed by atoms with Gasteiger partial charge < -0.3 is 14.0 Å². The molecule has 1 aliphatic heterocycles. The quantitative estimate of drug-likeness (QED) is 0.584. The first-order valence-electron chi connectivity index (χ1n) is 9.19. The largest absolute Gasteiger partial charge is 0.339 e. The summed E-state index contributed by atoms with van der Waals surface area (Å²) >= 11 is 0. The lowest BCUT2D eigenvalue weighted by molar-refractivity contribution is 0.310. The minimum atomic E-state index is -0.390. The number of fused-ring (bicyclic) bond motifs is 1. The summed E-state index contributed by atoms with van der Waals surface area (Å²) in [6.07, 6.45) is 5.37. The standard InChI is InChI=1S/C17H23N7O3/c1-21-15-14(16(25)22(2)17(21)26)24(11-18-15)10-5-12-19-13(27-20-12)6-9-23-7-3-4-8-23/h11H,3-10H2,1-2H3. The summed E-state index contributed by atoms with van der Waals surface area (Å²) in [5, 5.41) is 4.04. The van der Waals surface area contributed by atoms with E-state index in [-0.39, 0.29) is 5.56 Å². The van der Waals surface area contributed by atoms with Gasteiger partial charge in [-0.15, -0.1) is 0 Å². The van der Waals surface area contributed by atoms with Crippen LogP contribution in [0.5, 0.6) is 0 Å². The monoisotopic (exact) mass is 373 g/mol. The van der Waals surface area contributed by atoms with Crippen LogP contribution in [-0.2, 0) is 33.5 Å². The van der Waals surface area contributed by atoms with Crippen LogP contribution in [0.2, 0.25) is 0 Å². The Morgan fingerprint density at radius 1 is 1.07 bits per heavy atom. The molecule has 3 aromatic heterocycles. The topological polar surface area (TPSA) is 104 Å². The summed E-state index contributed by atoms with van der Waals surface area (Å²) in [5.41, 5.74) is 0.0310. The number of hydrogen-bond acceptors (Lipinski definition) is 7. The lowest BCUT2D eigenvalue weighted by atomic mass is 10.3. The molecule has 0 saturated carbocycles. The van der Waals surface area contributed by atoms with E-state index in [0.29, 0.717) is 35.8 Å². The number of aryl methyl sites for hydroxylation is 3. The molecule has 0 aliphatic carbocycles. The molecule has 1 fully saturated rings. The maximum Gasteiger partial charge on any atom is 0.332 e. The van der Waals surface area contributed by atoms with E-state index >= 15 is 0 Å². The van der Waals surface area contributed by atoms with Crippen molar-refractivity contribution in [2.75, 3.05) is 19.6 Å². The molecule has 144 valence electrons. The third-order valence-electron chi connectivity index (χ3n) is 5.14. The van der Waals surface area contributed by atoms with E-state index in [0.717, 1.165) is 30.6 Å². The van der Waals surface area contributed by atoms with Gasteiger partial charge in [0.25, 0.3) is 5.56 Å². The van der Waals surface area contributed by atoms with E-state index in [9.17, 15) is 9.59 Å². The van der Waals surface area contributed by atoms with Crippen LogP contribution >= 0.6 is 0 Å². The van der Waals surface area contributed by atoms with E-state index in [1.54, 1.807) is 17.9 Å². The highest BCUT2D eigenvalue weighted by Gasteiger charge is 2.16. The highest BCUT2D eigenvalue weighted by atomic mass is 16.5. The van der Waals surface area contributed by atoms with Crippen LogP contribution in [0.1, 0.15) is 24.6 Å². The van der Waals surface area contributed by atoms with Crippen molar-refractivity contribution in [2.45, 2.75) is 32.2 Å². The molecule has 0 unspecified atom stereocenters. The Balaban J connectivity index is 1.46. The molecule has 0 bridgehead atoms. The van der Waals surface area contributed by atoms with Crippen LogP contribution in [0.15, 0.2) is 20.4 Å². The maximum atomic E-state index is 12.4. The lowest BCUT2D eigenvalue weighted by Gasteiger charge is -2.11. The maximum absolute atomic E-state index is 12.4. The Hall–Kier alpha value is -2.75. The van der Waals surface area contributed by atoms with Crippen molar-refractivity contribution in [2.24, 2.45) is 14.1 Å². The molecular weight excluding hydrogens is 350 g/mol. The zero-order valence-corrected chi connectivity index (χ0v) is 15.6. The molecule has 1 aliphatic rings. The van der Waals surface area contributed by atoms with Crippen molar-refractivity contribution < 1.29 is 4.52 Å². The third-order valence-corrected chi connectivity index (χ3v) is 5.14. The molecular formula is C17H23N7O3. The highest BCUT2D eigenvalue weighted by molar-refractivity contribution is 5.69. The van der Waals surface area contributed by atoms with Gasteiger partial charge in [-0.3, -0.25) is 13.9 Å². The van der Waals surface area contributed by atoms with E-state index in [2.05, 4.69) is 20.0 Å². The number of imidazole rings is 1. The average Bonchev–Trinajstić information content (AvgIpc) is 3.41. The Bertz CT molecular complexity index is 1070. The van der Waals surface area contributed by atoms with Gasteiger partial charge in [-0.25, -0.2) is 9.78 Å². The first-order chi connectivity index (χ1) is 13.0. The summed E-state index contributed by atoms with van der Waals surface area (Å²) < 4.78 is 9.53. The predicted octanol–water partition coefficient (Wildman–Crippen LogP) is -0.302. The number of likely N-dealkylation sites (tertiary alicyclic amines) is 1. The molecule has 0 N–H and O–H groups in total. The molecule has 1 saturated heterocycles. The number of rotatable bonds is 6. The fourth-order valence-corrected chi connectivity index (χ4v) is 3.54.